The molecule has 5 aliphatic carbocycles. The second-order valence-corrected chi connectivity index (χ2v) is 18.4. The second-order valence-electron chi connectivity index (χ2n) is 18.4. The van der Waals surface area contributed by atoms with Gasteiger partial charge < -0.3 is 29.2 Å². The van der Waals surface area contributed by atoms with Crippen molar-refractivity contribution in [3.63, 3.8) is 0 Å². The Labute approximate surface area is 294 Å². The van der Waals surface area contributed by atoms with Crippen LogP contribution in [-0.4, -0.2) is 63.4 Å². The van der Waals surface area contributed by atoms with E-state index in [0.29, 0.717) is 18.3 Å². The molecule has 0 aromatic heterocycles. The van der Waals surface area contributed by atoms with Crippen LogP contribution in [0.15, 0.2) is 24.3 Å². The van der Waals surface area contributed by atoms with E-state index >= 15 is 0 Å². The number of nitro benzene ring substituents is 1. The van der Waals surface area contributed by atoms with Gasteiger partial charge in [0.2, 0.25) is 0 Å². The first kappa shape index (κ1) is 35.6. The molecule has 7 rings (SSSR count). The van der Waals surface area contributed by atoms with E-state index in [2.05, 4.69) is 34.6 Å². The van der Waals surface area contributed by atoms with Gasteiger partial charge in [-0.3, -0.25) is 14.9 Å². The summed E-state index contributed by atoms with van der Waals surface area (Å²) in [6.07, 6.45) is 3.95. The van der Waals surface area contributed by atoms with Crippen molar-refractivity contribution in [1.29, 1.82) is 0 Å². The first-order valence-corrected chi connectivity index (χ1v) is 18.6. The van der Waals surface area contributed by atoms with Crippen molar-refractivity contribution in [2.45, 2.75) is 143 Å². The highest BCUT2D eigenvalue weighted by Gasteiger charge is 2.85. The summed E-state index contributed by atoms with van der Waals surface area (Å²) in [6, 6.07) is 5.40. The van der Waals surface area contributed by atoms with Crippen molar-refractivity contribution in [2.24, 2.45) is 50.7 Å². The zero-order chi connectivity index (χ0) is 36.4. The Hall–Kier alpha value is -2.76. The highest BCUT2D eigenvalue weighted by Crippen LogP contribution is 2.89. The van der Waals surface area contributed by atoms with E-state index in [1.165, 1.54) is 31.2 Å². The van der Waals surface area contributed by atoms with Gasteiger partial charge in [0.15, 0.2) is 6.10 Å². The number of benzene rings is 1. The van der Waals surface area contributed by atoms with Crippen LogP contribution in [0.5, 0.6) is 5.75 Å². The minimum atomic E-state index is -1.30. The summed E-state index contributed by atoms with van der Waals surface area (Å²) in [4.78, 5) is 35.5. The fourth-order valence-corrected chi connectivity index (χ4v) is 13.4. The molecule has 2 N–H and O–H groups in total. The molecule has 276 valence electrons. The summed E-state index contributed by atoms with van der Waals surface area (Å²) in [7, 11) is 0. The van der Waals surface area contributed by atoms with E-state index in [1.807, 2.05) is 0 Å². The summed E-state index contributed by atoms with van der Waals surface area (Å²) < 4.78 is 23.9. The maximum atomic E-state index is 13.0. The van der Waals surface area contributed by atoms with Crippen LogP contribution in [0.25, 0.3) is 0 Å². The zero-order valence-electron chi connectivity index (χ0n) is 30.8. The molecular weight excluding hydrogens is 642 g/mol. The highest BCUT2D eigenvalue weighted by molar-refractivity contribution is 5.66. The zero-order valence-corrected chi connectivity index (χ0v) is 30.8. The first-order valence-electron chi connectivity index (χ1n) is 18.6. The van der Waals surface area contributed by atoms with Crippen LogP contribution in [-0.2, 0) is 19.0 Å². The molecule has 9 unspecified atom stereocenters. The Morgan fingerprint density at radius 2 is 1.66 bits per heavy atom. The van der Waals surface area contributed by atoms with E-state index in [-0.39, 0.29) is 56.5 Å². The van der Waals surface area contributed by atoms with Gasteiger partial charge in [-0.15, -0.1) is 0 Å². The van der Waals surface area contributed by atoms with Crippen LogP contribution in [0.2, 0.25) is 0 Å². The predicted octanol–water partition coefficient (Wildman–Crippen LogP) is 6.99. The summed E-state index contributed by atoms with van der Waals surface area (Å²) in [5.41, 5.74) is -1.96. The number of ether oxygens (including phenoxy) is 4. The van der Waals surface area contributed by atoms with E-state index in [1.54, 1.807) is 13.8 Å². The number of hydrogen-bond donors (Lipinski definition) is 2. The lowest BCUT2D eigenvalue weighted by Gasteiger charge is -2.63. The van der Waals surface area contributed by atoms with Gasteiger partial charge in [0.05, 0.1) is 28.8 Å². The summed E-state index contributed by atoms with van der Waals surface area (Å²) in [5, 5.41) is 34.5. The standard InChI is InChI=1S/C39H55NO10/c1-21-19-25(32(35(5,6)44)47-22(2)41)49-30-29(21)36(7)17-18-39-20-38(39)16-15-28(50-33(43)48-24-11-9-23(10-12-24)40(45)46)34(3,4)26(38)13-14-27(39)37(36,8)31(30)42/h9-12,21,25-32,42,44H,13-20H2,1-8H3/t21-,25?,26+,27?,28?,29?,30?,31+,32?,36?,37-,38?,39?/m1/s1. The number of carbonyl (C=O) groups is 2. The van der Waals surface area contributed by atoms with Crippen molar-refractivity contribution in [2.75, 3.05) is 0 Å². The molecule has 6 aliphatic rings. The van der Waals surface area contributed by atoms with Gasteiger partial charge in [-0.2, -0.15) is 0 Å². The number of rotatable bonds is 6. The lowest BCUT2D eigenvalue weighted by Crippen LogP contribution is -2.60. The fraction of sp³-hybridized carbons (Fsp3) is 0.795. The lowest BCUT2D eigenvalue weighted by atomic mass is 9.41. The van der Waals surface area contributed by atoms with E-state index in [4.69, 9.17) is 18.9 Å². The molecule has 11 heteroatoms. The molecule has 1 aromatic rings. The second kappa shape index (κ2) is 11.4. The molecule has 0 radical (unpaired) electrons. The number of fused-ring (bicyclic) bond motifs is 4. The van der Waals surface area contributed by atoms with Gasteiger partial charge in [-0.25, -0.2) is 4.79 Å². The number of carbonyl (C=O) groups excluding carboxylic acids is 2. The summed E-state index contributed by atoms with van der Waals surface area (Å²) in [5.74, 6) is 0.757. The van der Waals surface area contributed by atoms with Crippen LogP contribution in [0.4, 0.5) is 10.5 Å². The molecule has 1 heterocycles. The smallest absolute Gasteiger partial charge is 0.457 e. The summed E-state index contributed by atoms with van der Waals surface area (Å²) >= 11 is 0. The molecule has 6 fully saturated rings. The Morgan fingerprint density at radius 3 is 2.28 bits per heavy atom. The Morgan fingerprint density at radius 1 is 1.02 bits per heavy atom. The maximum Gasteiger partial charge on any atom is 0.514 e. The van der Waals surface area contributed by atoms with E-state index < -0.39 is 47.1 Å². The van der Waals surface area contributed by atoms with Crippen LogP contribution in [0, 0.1) is 60.9 Å². The van der Waals surface area contributed by atoms with Crippen molar-refractivity contribution in [3.05, 3.63) is 34.4 Å². The quantitative estimate of drug-likeness (QED) is 0.138. The van der Waals surface area contributed by atoms with Crippen molar-refractivity contribution in [1.82, 2.24) is 0 Å². The Kier molecular flexibility index (Phi) is 8.10. The molecule has 11 nitrogen and oxygen atoms in total. The largest absolute Gasteiger partial charge is 0.514 e. The monoisotopic (exact) mass is 697 g/mol. The normalized spacial score (nSPS) is 44.6. The lowest BCUT2D eigenvalue weighted by molar-refractivity contribution is -0.384. The average molecular weight is 698 g/mol. The molecule has 5 saturated carbocycles. The maximum absolute atomic E-state index is 13.0. The van der Waals surface area contributed by atoms with E-state index in [9.17, 15) is 29.9 Å². The van der Waals surface area contributed by atoms with Crippen LogP contribution in [0.1, 0.15) is 107 Å². The molecule has 2 spiro atoms. The minimum absolute atomic E-state index is 0.0796. The molecule has 0 bridgehead atoms. The third-order valence-corrected chi connectivity index (χ3v) is 15.6. The predicted molar refractivity (Wildman–Crippen MR) is 182 cm³/mol. The van der Waals surface area contributed by atoms with E-state index in [0.717, 1.165) is 44.9 Å². The molecule has 13 atom stereocenters. The fourth-order valence-electron chi connectivity index (χ4n) is 13.4. The molecule has 50 heavy (non-hydrogen) atoms. The van der Waals surface area contributed by atoms with Gasteiger partial charge in [-0.1, -0.05) is 34.6 Å². The molecular formula is C39H55NO10. The Bertz CT molecular complexity index is 1550. The SMILES string of the molecule is CC(=O)OC(C1C[C@@H](C)C2C(O1)[C@H](O)[C@@]1(C)C3CC[C@H]4C(C)(C)C(OC(=O)Oc5ccc([N+](=O)[O-])cc5)CCC45CC35CCC21C)C(C)(C)O. The van der Waals surface area contributed by atoms with Crippen LogP contribution >= 0.6 is 0 Å². The topological polar surface area (TPSA) is 155 Å². The number of aliphatic hydroxyl groups excluding tert-OH is 1. The highest BCUT2D eigenvalue weighted by atomic mass is 16.7. The molecule has 0 amide bonds. The first-order chi connectivity index (χ1) is 23.2. The third-order valence-electron chi connectivity index (χ3n) is 15.6. The number of non-ortho nitro benzene ring substituents is 1. The van der Waals surface area contributed by atoms with Crippen LogP contribution < -0.4 is 4.74 Å². The average Bonchev–Trinajstić information content (AvgIpc) is 3.65. The number of aliphatic hydroxyl groups is 2. The molecule has 1 aromatic carbocycles. The number of nitrogens with zero attached hydrogens (tertiary/aromatic N) is 1. The van der Waals surface area contributed by atoms with Crippen molar-refractivity contribution in [3.8, 4) is 5.75 Å². The Balaban J connectivity index is 1.10. The summed E-state index contributed by atoms with van der Waals surface area (Å²) in [6.45, 7) is 16.0. The van der Waals surface area contributed by atoms with Gasteiger partial charge >= 0.3 is 12.1 Å². The van der Waals surface area contributed by atoms with Crippen molar-refractivity contribution >= 4 is 17.8 Å². The van der Waals surface area contributed by atoms with Gasteiger partial charge in [0, 0.05) is 29.9 Å². The van der Waals surface area contributed by atoms with Crippen LogP contribution in [0.3, 0.4) is 0 Å². The molecule has 1 saturated heterocycles. The van der Waals surface area contributed by atoms with Gasteiger partial charge in [0.25, 0.3) is 5.69 Å². The minimum Gasteiger partial charge on any atom is -0.457 e. The number of esters is 1. The van der Waals surface area contributed by atoms with Gasteiger partial charge in [-0.05, 0) is 117 Å². The van der Waals surface area contributed by atoms with Gasteiger partial charge in [0.1, 0.15) is 11.9 Å². The van der Waals surface area contributed by atoms with Crippen molar-refractivity contribution < 1.29 is 43.7 Å². The number of nitro groups is 1. The molecule has 1 aliphatic heterocycles. The third kappa shape index (κ3) is 4.84. The number of hydrogen-bond acceptors (Lipinski definition) is 10.